The molecule has 0 aliphatic carbocycles. The van der Waals surface area contributed by atoms with Crippen LogP contribution < -0.4 is 4.72 Å². The summed E-state index contributed by atoms with van der Waals surface area (Å²) in [5.41, 5.74) is 3.49. The van der Waals surface area contributed by atoms with E-state index in [0.717, 1.165) is 25.1 Å². The molecule has 0 amide bonds. The molecule has 2 atom stereocenters. The van der Waals surface area contributed by atoms with Gasteiger partial charge in [0, 0.05) is 25.2 Å². The molecule has 0 saturated heterocycles. The summed E-state index contributed by atoms with van der Waals surface area (Å²) in [6.45, 7) is 9.96. The molecule has 0 saturated carbocycles. The second kappa shape index (κ2) is 12.3. The lowest BCUT2D eigenvalue weighted by Gasteiger charge is -2.38. The highest BCUT2D eigenvalue weighted by molar-refractivity contribution is 7.89. The molecule has 0 spiro atoms. The van der Waals surface area contributed by atoms with Gasteiger partial charge in [-0.15, -0.1) is 0 Å². The Morgan fingerprint density at radius 1 is 0.794 bits per heavy atom. The topological polar surface area (TPSA) is 49.4 Å². The van der Waals surface area contributed by atoms with Gasteiger partial charge in [-0.2, -0.15) is 0 Å². The van der Waals surface area contributed by atoms with Crippen molar-refractivity contribution in [3.8, 4) is 0 Å². The summed E-state index contributed by atoms with van der Waals surface area (Å²) < 4.78 is 29.7. The van der Waals surface area contributed by atoms with E-state index in [1.807, 2.05) is 31.2 Å². The van der Waals surface area contributed by atoms with Gasteiger partial charge >= 0.3 is 0 Å². The third-order valence-corrected chi connectivity index (χ3v) is 7.69. The minimum atomic E-state index is -3.63. The van der Waals surface area contributed by atoms with E-state index in [9.17, 15) is 8.42 Å². The summed E-state index contributed by atoms with van der Waals surface area (Å²) in [5.74, 6) is 0.428. The number of benzene rings is 3. The molecule has 182 valence electrons. The fourth-order valence-electron chi connectivity index (χ4n) is 4.40. The van der Waals surface area contributed by atoms with E-state index in [0.29, 0.717) is 17.2 Å². The molecule has 0 aliphatic rings. The summed E-state index contributed by atoms with van der Waals surface area (Å²) >= 11 is 0. The van der Waals surface area contributed by atoms with E-state index in [1.54, 1.807) is 12.1 Å². The third kappa shape index (κ3) is 7.52. The van der Waals surface area contributed by atoms with E-state index in [1.165, 1.54) is 11.1 Å². The molecule has 0 aliphatic heterocycles. The molecule has 0 heterocycles. The van der Waals surface area contributed by atoms with Crippen molar-refractivity contribution in [3.63, 3.8) is 0 Å². The monoisotopic (exact) mass is 478 g/mol. The van der Waals surface area contributed by atoms with Crippen LogP contribution >= 0.6 is 0 Å². The molecule has 3 aromatic rings. The number of hydrogen-bond donors (Lipinski definition) is 1. The first kappa shape index (κ1) is 26.1. The molecule has 3 rings (SSSR count). The molecule has 0 bridgehead atoms. The quantitative estimate of drug-likeness (QED) is 0.339. The number of aryl methyl sites for hydroxylation is 1. The van der Waals surface area contributed by atoms with E-state index >= 15 is 0 Å². The molecule has 3 aromatic carbocycles. The summed E-state index contributed by atoms with van der Waals surface area (Å²) in [6.07, 6.45) is 1.61. The first-order valence-electron chi connectivity index (χ1n) is 12.2. The second-order valence-electron chi connectivity index (χ2n) is 9.52. The van der Waals surface area contributed by atoms with E-state index < -0.39 is 10.0 Å². The standard InChI is InChI=1S/C29H38N2O2S/c1-5-28(30-34(32,33)27-18-16-24(4)17-19-27)29(20-23(2)3)31(21-25-12-8-6-9-13-25)22-26-14-10-7-11-15-26/h6-19,23,28-30H,5,20-22H2,1-4H3/t28-,29+/m1/s1. The molecule has 1 N–H and O–H groups in total. The number of nitrogens with one attached hydrogen (secondary N) is 1. The summed E-state index contributed by atoms with van der Waals surface area (Å²) in [5, 5.41) is 0. The Hall–Kier alpha value is -2.47. The molecule has 4 nitrogen and oxygen atoms in total. The normalized spacial score (nSPS) is 13.8. The number of nitrogens with zero attached hydrogens (tertiary/aromatic N) is 1. The lowest BCUT2D eigenvalue weighted by Crippen LogP contribution is -2.51. The van der Waals surface area contributed by atoms with Gasteiger partial charge in [0.05, 0.1) is 4.90 Å². The Labute approximate surface area is 206 Å². The number of rotatable bonds is 12. The van der Waals surface area contributed by atoms with Crippen molar-refractivity contribution in [2.75, 3.05) is 0 Å². The third-order valence-electron chi connectivity index (χ3n) is 6.18. The molecule has 0 unspecified atom stereocenters. The van der Waals surface area contributed by atoms with Crippen LogP contribution in [0.3, 0.4) is 0 Å². The van der Waals surface area contributed by atoms with Gasteiger partial charge in [0.1, 0.15) is 0 Å². The molecule has 0 aromatic heterocycles. The van der Waals surface area contributed by atoms with Crippen molar-refractivity contribution in [3.05, 3.63) is 102 Å². The molecule has 34 heavy (non-hydrogen) atoms. The van der Waals surface area contributed by atoms with Crippen LogP contribution in [0.25, 0.3) is 0 Å². The van der Waals surface area contributed by atoms with Crippen LogP contribution in [-0.4, -0.2) is 25.4 Å². The fourth-order valence-corrected chi connectivity index (χ4v) is 5.75. The van der Waals surface area contributed by atoms with Crippen LogP contribution in [0.1, 0.15) is 50.3 Å². The largest absolute Gasteiger partial charge is 0.290 e. The van der Waals surface area contributed by atoms with Crippen LogP contribution in [0.2, 0.25) is 0 Å². The molecule has 0 fully saturated rings. The van der Waals surface area contributed by atoms with Gasteiger partial charge in [-0.05, 0) is 48.9 Å². The van der Waals surface area contributed by atoms with E-state index in [2.05, 4.69) is 78.9 Å². The molecular weight excluding hydrogens is 440 g/mol. The maximum Gasteiger partial charge on any atom is 0.240 e. The highest BCUT2D eigenvalue weighted by Crippen LogP contribution is 2.24. The number of sulfonamides is 1. The fraction of sp³-hybridized carbons (Fsp3) is 0.379. The Bertz CT molecular complexity index is 1060. The van der Waals surface area contributed by atoms with Gasteiger partial charge in [-0.25, -0.2) is 13.1 Å². The Kier molecular flexibility index (Phi) is 9.45. The SMILES string of the molecule is CC[C@@H](NS(=O)(=O)c1ccc(C)cc1)[C@H](CC(C)C)N(Cc1ccccc1)Cc1ccccc1. The van der Waals surface area contributed by atoms with Gasteiger partial charge in [0.25, 0.3) is 0 Å². The summed E-state index contributed by atoms with van der Waals surface area (Å²) in [4.78, 5) is 2.76. The summed E-state index contributed by atoms with van der Waals surface area (Å²) in [6, 6.07) is 27.8. The van der Waals surface area contributed by atoms with E-state index in [4.69, 9.17) is 0 Å². The highest BCUT2D eigenvalue weighted by atomic mass is 32.2. The second-order valence-corrected chi connectivity index (χ2v) is 11.2. The lowest BCUT2D eigenvalue weighted by molar-refractivity contribution is 0.125. The molecule has 0 radical (unpaired) electrons. The molecule has 5 heteroatoms. The van der Waals surface area contributed by atoms with Gasteiger partial charge < -0.3 is 0 Å². The Morgan fingerprint density at radius 3 is 1.74 bits per heavy atom. The zero-order chi connectivity index (χ0) is 24.6. The van der Waals surface area contributed by atoms with Crippen LogP contribution in [-0.2, 0) is 23.1 Å². The zero-order valence-electron chi connectivity index (χ0n) is 20.8. The van der Waals surface area contributed by atoms with Crippen molar-refractivity contribution >= 4 is 10.0 Å². The predicted molar refractivity (Wildman–Crippen MR) is 141 cm³/mol. The van der Waals surface area contributed by atoms with Crippen molar-refractivity contribution in [2.45, 2.75) is 70.6 Å². The Morgan fingerprint density at radius 2 is 1.29 bits per heavy atom. The van der Waals surface area contributed by atoms with Crippen molar-refractivity contribution in [1.29, 1.82) is 0 Å². The van der Waals surface area contributed by atoms with Crippen molar-refractivity contribution < 1.29 is 8.42 Å². The maximum atomic E-state index is 13.3. The molecular formula is C29H38N2O2S. The van der Waals surface area contributed by atoms with Gasteiger partial charge in [-0.3, -0.25) is 4.90 Å². The van der Waals surface area contributed by atoms with Gasteiger partial charge in [0.15, 0.2) is 0 Å². The van der Waals surface area contributed by atoms with Crippen molar-refractivity contribution in [1.82, 2.24) is 9.62 Å². The Balaban J connectivity index is 1.94. The lowest BCUT2D eigenvalue weighted by atomic mass is 9.93. The van der Waals surface area contributed by atoms with Crippen LogP contribution in [0.15, 0.2) is 89.8 Å². The van der Waals surface area contributed by atoms with Crippen LogP contribution in [0.4, 0.5) is 0 Å². The number of hydrogen-bond acceptors (Lipinski definition) is 3. The predicted octanol–water partition coefficient (Wildman–Crippen LogP) is 6.17. The minimum absolute atomic E-state index is 0.0469. The average molecular weight is 479 g/mol. The van der Waals surface area contributed by atoms with Crippen molar-refractivity contribution in [2.24, 2.45) is 5.92 Å². The van der Waals surface area contributed by atoms with Gasteiger partial charge in [-0.1, -0.05) is 99.1 Å². The smallest absolute Gasteiger partial charge is 0.240 e. The average Bonchev–Trinajstić information content (AvgIpc) is 2.82. The summed E-state index contributed by atoms with van der Waals surface area (Å²) in [7, 11) is -3.63. The van der Waals surface area contributed by atoms with Crippen LogP contribution in [0.5, 0.6) is 0 Å². The van der Waals surface area contributed by atoms with Gasteiger partial charge in [0.2, 0.25) is 10.0 Å². The minimum Gasteiger partial charge on any atom is -0.290 e. The highest BCUT2D eigenvalue weighted by Gasteiger charge is 2.31. The van der Waals surface area contributed by atoms with Crippen LogP contribution in [0, 0.1) is 12.8 Å². The van der Waals surface area contributed by atoms with E-state index in [-0.39, 0.29) is 12.1 Å². The maximum absolute atomic E-state index is 13.3. The first-order chi connectivity index (χ1) is 16.3. The zero-order valence-corrected chi connectivity index (χ0v) is 21.6. The first-order valence-corrected chi connectivity index (χ1v) is 13.7.